The number of aryl methyl sites for hydroxylation is 2. The molecule has 0 saturated carbocycles. The fourth-order valence-electron chi connectivity index (χ4n) is 1.26. The maximum Gasteiger partial charge on any atom is 0.216 e. The molecule has 1 rings (SSSR count). The fraction of sp³-hybridized carbons (Fsp3) is 0.636. The predicted molar refractivity (Wildman–Crippen MR) is 64.5 cm³/mol. The minimum Gasteiger partial charge on any atom is -0.444 e. The summed E-state index contributed by atoms with van der Waals surface area (Å²) in [4.78, 5) is 8.64. The zero-order valence-corrected chi connectivity index (χ0v) is 10.4. The minimum atomic E-state index is 0.462. The highest BCUT2D eigenvalue weighted by atomic mass is 16.4. The summed E-state index contributed by atoms with van der Waals surface area (Å²) >= 11 is 0. The average molecular weight is 224 g/mol. The van der Waals surface area contributed by atoms with Gasteiger partial charge in [-0.3, -0.25) is 0 Å². The Morgan fingerprint density at radius 3 is 2.31 bits per heavy atom. The molecule has 0 saturated heterocycles. The van der Waals surface area contributed by atoms with E-state index >= 15 is 0 Å². The van der Waals surface area contributed by atoms with Crippen molar-refractivity contribution in [3.63, 3.8) is 0 Å². The maximum atomic E-state index is 5.45. The Bertz CT molecular complexity index is 329. The smallest absolute Gasteiger partial charge is 0.216 e. The molecule has 5 nitrogen and oxygen atoms in total. The number of oxazole rings is 1. The lowest BCUT2D eigenvalue weighted by Gasteiger charge is -2.07. The van der Waals surface area contributed by atoms with E-state index in [1.54, 1.807) is 0 Å². The van der Waals surface area contributed by atoms with Crippen molar-refractivity contribution in [1.82, 2.24) is 15.6 Å². The summed E-state index contributed by atoms with van der Waals surface area (Å²) < 4.78 is 5.45. The van der Waals surface area contributed by atoms with Gasteiger partial charge in [-0.15, -0.1) is 0 Å². The summed E-state index contributed by atoms with van der Waals surface area (Å²) in [5, 5.41) is 6.29. The molecule has 0 atom stereocenters. The van der Waals surface area contributed by atoms with E-state index in [4.69, 9.17) is 4.42 Å². The van der Waals surface area contributed by atoms with E-state index < -0.39 is 0 Å². The van der Waals surface area contributed by atoms with Gasteiger partial charge in [-0.2, -0.15) is 0 Å². The first-order valence-electron chi connectivity index (χ1n) is 5.62. The van der Waals surface area contributed by atoms with Gasteiger partial charge in [0.1, 0.15) is 12.3 Å². The van der Waals surface area contributed by atoms with Crippen molar-refractivity contribution in [1.29, 1.82) is 0 Å². The third-order valence-electron chi connectivity index (χ3n) is 2.13. The van der Waals surface area contributed by atoms with Gasteiger partial charge in [-0.25, -0.2) is 9.98 Å². The molecule has 2 N–H and O–H groups in total. The number of aliphatic imine (C=N–C) groups is 1. The predicted octanol–water partition coefficient (Wildman–Crippen LogP) is 1.37. The van der Waals surface area contributed by atoms with Crippen LogP contribution in [0.25, 0.3) is 0 Å². The van der Waals surface area contributed by atoms with Crippen LogP contribution in [0.4, 0.5) is 0 Å². The molecule has 0 aliphatic carbocycles. The van der Waals surface area contributed by atoms with Gasteiger partial charge in [0.25, 0.3) is 0 Å². The van der Waals surface area contributed by atoms with E-state index in [9.17, 15) is 0 Å². The lowest BCUT2D eigenvalue weighted by Crippen LogP contribution is -2.36. The van der Waals surface area contributed by atoms with E-state index in [1.807, 2.05) is 27.7 Å². The van der Waals surface area contributed by atoms with E-state index in [1.165, 1.54) is 0 Å². The van der Waals surface area contributed by atoms with Crippen molar-refractivity contribution in [3.8, 4) is 0 Å². The summed E-state index contributed by atoms with van der Waals surface area (Å²) in [6.07, 6.45) is 0. The molecule has 0 aliphatic heterocycles. The second-order valence-electron chi connectivity index (χ2n) is 3.47. The Balaban J connectivity index is 2.61. The topological polar surface area (TPSA) is 62.5 Å². The second-order valence-corrected chi connectivity index (χ2v) is 3.47. The standard InChI is InChI=1S/C11H20N4O/c1-5-12-11(13-6-2)14-7-10-15-8(3)9(4)16-10/h5-7H2,1-4H3,(H2,12,13,14). The summed E-state index contributed by atoms with van der Waals surface area (Å²) in [5.41, 5.74) is 0.929. The normalized spacial score (nSPS) is 10.0. The van der Waals surface area contributed by atoms with Crippen LogP contribution in [0.3, 0.4) is 0 Å². The molecule has 0 aliphatic rings. The Hall–Kier alpha value is -1.52. The number of hydrogen-bond donors (Lipinski definition) is 2. The average Bonchev–Trinajstić information content (AvgIpc) is 2.56. The van der Waals surface area contributed by atoms with Crippen LogP contribution in [0, 0.1) is 13.8 Å². The number of rotatable bonds is 4. The summed E-state index contributed by atoms with van der Waals surface area (Å²) in [6.45, 7) is 10.1. The van der Waals surface area contributed by atoms with Crippen LogP contribution in [0.1, 0.15) is 31.2 Å². The fourth-order valence-corrected chi connectivity index (χ4v) is 1.26. The second kappa shape index (κ2) is 6.15. The SMILES string of the molecule is CCNC(=NCc1nc(C)c(C)o1)NCC. The van der Waals surface area contributed by atoms with Crippen molar-refractivity contribution in [3.05, 3.63) is 17.3 Å². The molecule has 0 fully saturated rings. The van der Waals surface area contributed by atoms with Crippen molar-refractivity contribution >= 4 is 5.96 Å². The molecule has 16 heavy (non-hydrogen) atoms. The van der Waals surface area contributed by atoms with Crippen molar-refractivity contribution in [2.45, 2.75) is 34.2 Å². The summed E-state index contributed by atoms with van der Waals surface area (Å²) in [7, 11) is 0. The van der Waals surface area contributed by atoms with Gasteiger partial charge in [0.15, 0.2) is 5.96 Å². The quantitative estimate of drug-likeness (QED) is 0.599. The zero-order chi connectivity index (χ0) is 12.0. The monoisotopic (exact) mass is 224 g/mol. The highest BCUT2D eigenvalue weighted by Gasteiger charge is 2.04. The van der Waals surface area contributed by atoms with Crippen molar-refractivity contribution in [2.24, 2.45) is 4.99 Å². The number of nitrogens with zero attached hydrogens (tertiary/aromatic N) is 2. The highest BCUT2D eigenvalue weighted by Crippen LogP contribution is 2.08. The van der Waals surface area contributed by atoms with Gasteiger partial charge in [0.05, 0.1) is 5.69 Å². The summed E-state index contributed by atoms with van der Waals surface area (Å²) in [5.74, 6) is 2.31. The van der Waals surface area contributed by atoms with Crippen LogP contribution < -0.4 is 10.6 Å². The Morgan fingerprint density at radius 2 is 1.88 bits per heavy atom. The molecule has 0 bridgehead atoms. The first kappa shape index (κ1) is 12.5. The van der Waals surface area contributed by atoms with Crippen LogP contribution in [0.5, 0.6) is 0 Å². The molecule has 1 heterocycles. The van der Waals surface area contributed by atoms with Gasteiger partial charge >= 0.3 is 0 Å². The van der Waals surface area contributed by atoms with E-state index in [2.05, 4.69) is 20.6 Å². The Labute approximate surface area is 96.4 Å². The van der Waals surface area contributed by atoms with Gasteiger partial charge in [-0.1, -0.05) is 0 Å². The highest BCUT2D eigenvalue weighted by molar-refractivity contribution is 5.79. The minimum absolute atomic E-state index is 0.462. The van der Waals surface area contributed by atoms with Crippen LogP contribution >= 0.6 is 0 Å². The van der Waals surface area contributed by atoms with Gasteiger partial charge < -0.3 is 15.1 Å². The Morgan fingerprint density at radius 1 is 1.25 bits per heavy atom. The molecule has 5 heteroatoms. The van der Waals surface area contributed by atoms with Crippen LogP contribution in [0.2, 0.25) is 0 Å². The summed E-state index contributed by atoms with van der Waals surface area (Å²) in [6, 6.07) is 0. The molecule has 0 aromatic carbocycles. The molecule has 1 aromatic rings. The largest absolute Gasteiger partial charge is 0.444 e. The first-order chi connectivity index (χ1) is 7.67. The molecular formula is C11H20N4O. The number of guanidine groups is 1. The van der Waals surface area contributed by atoms with E-state index in [0.29, 0.717) is 12.4 Å². The number of aromatic nitrogens is 1. The van der Waals surface area contributed by atoms with Crippen molar-refractivity contribution in [2.75, 3.05) is 13.1 Å². The molecule has 0 unspecified atom stereocenters. The molecule has 0 radical (unpaired) electrons. The third kappa shape index (κ3) is 3.56. The maximum absolute atomic E-state index is 5.45. The van der Waals surface area contributed by atoms with E-state index in [0.717, 1.165) is 30.5 Å². The van der Waals surface area contributed by atoms with Crippen molar-refractivity contribution < 1.29 is 4.42 Å². The van der Waals surface area contributed by atoms with Crippen LogP contribution in [0.15, 0.2) is 9.41 Å². The number of nitrogens with one attached hydrogen (secondary N) is 2. The zero-order valence-electron chi connectivity index (χ0n) is 10.4. The van der Waals surface area contributed by atoms with E-state index in [-0.39, 0.29) is 0 Å². The Kier molecular flexibility index (Phi) is 4.82. The molecule has 0 spiro atoms. The third-order valence-corrected chi connectivity index (χ3v) is 2.13. The lowest BCUT2D eigenvalue weighted by molar-refractivity contribution is 0.473. The van der Waals surface area contributed by atoms with Crippen LogP contribution in [-0.2, 0) is 6.54 Å². The van der Waals surface area contributed by atoms with Gasteiger partial charge in [-0.05, 0) is 27.7 Å². The lowest BCUT2D eigenvalue weighted by atomic mass is 10.4. The van der Waals surface area contributed by atoms with Crippen LogP contribution in [-0.4, -0.2) is 24.0 Å². The first-order valence-corrected chi connectivity index (χ1v) is 5.62. The van der Waals surface area contributed by atoms with Gasteiger partial charge in [0.2, 0.25) is 5.89 Å². The molecule has 1 aromatic heterocycles. The molecule has 90 valence electrons. The molecular weight excluding hydrogens is 204 g/mol. The van der Waals surface area contributed by atoms with Gasteiger partial charge in [0, 0.05) is 13.1 Å². The molecule has 0 amide bonds. The number of hydrogen-bond acceptors (Lipinski definition) is 3.